The number of likely N-dealkylation sites (tertiary alicyclic amines) is 1. The molecule has 27 heavy (non-hydrogen) atoms. The van der Waals surface area contributed by atoms with Crippen molar-refractivity contribution in [3.63, 3.8) is 0 Å². The molecule has 2 atom stereocenters. The van der Waals surface area contributed by atoms with Gasteiger partial charge >= 0.3 is 0 Å². The molecule has 0 saturated carbocycles. The molecule has 0 aliphatic carbocycles. The second-order valence-corrected chi connectivity index (χ2v) is 8.18. The van der Waals surface area contributed by atoms with Gasteiger partial charge < -0.3 is 10.2 Å². The fraction of sp³-hybridized carbons (Fsp3) is 0.619. The van der Waals surface area contributed by atoms with Crippen molar-refractivity contribution >= 4 is 17.5 Å². The predicted octanol–water partition coefficient (Wildman–Crippen LogP) is 2.92. The fourth-order valence-corrected chi connectivity index (χ4v) is 3.90. The minimum Gasteiger partial charge on any atom is -0.339 e. The number of hydrazine groups is 1. The average molecular weight is 373 g/mol. The number of carbonyl (C=O) groups is 2. The van der Waals surface area contributed by atoms with E-state index >= 15 is 0 Å². The largest absolute Gasteiger partial charge is 0.339 e. The number of nitrogens with one attached hydrogen (secondary N) is 3. The highest BCUT2D eigenvalue weighted by molar-refractivity contribution is 5.97. The Balaban J connectivity index is 1.53. The van der Waals surface area contributed by atoms with Gasteiger partial charge in [-0.25, -0.2) is 5.43 Å². The van der Waals surface area contributed by atoms with E-state index in [1.54, 1.807) is 0 Å². The number of amides is 2. The molecule has 2 heterocycles. The van der Waals surface area contributed by atoms with Gasteiger partial charge in [0.15, 0.2) is 0 Å². The van der Waals surface area contributed by atoms with Crippen LogP contribution in [0.25, 0.3) is 0 Å². The first-order valence-electron chi connectivity index (χ1n) is 10.2. The lowest BCUT2D eigenvalue weighted by atomic mass is 10.00. The summed E-state index contributed by atoms with van der Waals surface area (Å²) in [5.74, 6) is 0.647. The van der Waals surface area contributed by atoms with Gasteiger partial charge in [-0.1, -0.05) is 26.7 Å². The lowest BCUT2D eigenvalue weighted by Gasteiger charge is -2.20. The SMILES string of the molecule is CC(C)CC1CC(C(=O)Nc2ccc(C(=O)N3CCCCCC3)cc2)NN1. The highest BCUT2D eigenvalue weighted by Crippen LogP contribution is 2.18. The topological polar surface area (TPSA) is 73.5 Å². The van der Waals surface area contributed by atoms with E-state index in [1.165, 1.54) is 12.8 Å². The first kappa shape index (κ1) is 19.8. The third-order valence-electron chi connectivity index (χ3n) is 5.35. The Bertz CT molecular complexity index is 636. The molecule has 2 aliphatic heterocycles. The Morgan fingerprint density at radius 2 is 1.74 bits per heavy atom. The smallest absolute Gasteiger partial charge is 0.253 e. The molecule has 0 radical (unpaired) electrons. The number of carbonyl (C=O) groups excluding carboxylic acids is 2. The van der Waals surface area contributed by atoms with E-state index in [4.69, 9.17) is 0 Å². The Morgan fingerprint density at radius 3 is 2.37 bits per heavy atom. The van der Waals surface area contributed by atoms with Crippen LogP contribution in [0.2, 0.25) is 0 Å². The van der Waals surface area contributed by atoms with E-state index in [-0.39, 0.29) is 17.9 Å². The van der Waals surface area contributed by atoms with Crippen molar-refractivity contribution in [2.24, 2.45) is 5.92 Å². The van der Waals surface area contributed by atoms with E-state index in [0.717, 1.165) is 44.5 Å². The van der Waals surface area contributed by atoms with Crippen LogP contribution in [-0.4, -0.2) is 41.9 Å². The third-order valence-corrected chi connectivity index (χ3v) is 5.35. The Kier molecular flexibility index (Phi) is 6.85. The summed E-state index contributed by atoms with van der Waals surface area (Å²) < 4.78 is 0. The average Bonchev–Trinajstić information content (AvgIpc) is 2.94. The molecule has 1 aromatic rings. The standard InChI is InChI=1S/C21H32N4O2/c1-15(2)13-18-14-19(24-23-18)20(26)22-17-9-7-16(8-10-17)21(27)25-11-5-3-4-6-12-25/h7-10,15,18-19,23-24H,3-6,11-14H2,1-2H3,(H,22,26). The van der Waals surface area contributed by atoms with E-state index in [0.29, 0.717) is 17.5 Å². The van der Waals surface area contributed by atoms with Crippen LogP contribution in [-0.2, 0) is 4.79 Å². The van der Waals surface area contributed by atoms with Crippen LogP contribution in [0, 0.1) is 5.92 Å². The fourth-order valence-electron chi connectivity index (χ4n) is 3.90. The summed E-state index contributed by atoms with van der Waals surface area (Å²) in [5, 5.41) is 2.95. The maximum absolute atomic E-state index is 12.6. The molecule has 3 rings (SSSR count). The zero-order valence-electron chi connectivity index (χ0n) is 16.5. The monoisotopic (exact) mass is 372 g/mol. The lowest BCUT2D eigenvalue weighted by Crippen LogP contribution is -2.40. The maximum atomic E-state index is 12.6. The molecule has 2 saturated heterocycles. The van der Waals surface area contributed by atoms with Gasteiger partial charge in [0.1, 0.15) is 6.04 Å². The van der Waals surface area contributed by atoms with Crippen LogP contribution >= 0.6 is 0 Å². The quantitative estimate of drug-likeness (QED) is 0.743. The van der Waals surface area contributed by atoms with Gasteiger partial charge in [0.05, 0.1) is 0 Å². The number of anilines is 1. The first-order chi connectivity index (χ1) is 13.0. The second kappa shape index (κ2) is 9.33. The number of hydrogen-bond donors (Lipinski definition) is 3. The summed E-state index contributed by atoms with van der Waals surface area (Å²) in [6, 6.07) is 7.35. The van der Waals surface area contributed by atoms with Crippen LogP contribution in [0.1, 0.15) is 62.7 Å². The Hall–Kier alpha value is -1.92. The van der Waals surface area contributed by atoms with Crippen molar-refractivity contribution < 1.29 is 9.59 Å². The highest BCUT2D eigenvalue weighted by atomic mass is 16.2. The number of hydrogen-bond acceptors (Lipinski definition) is 4. The summed E-state index contributed by atoms with van der Waals surface area (Å²) in [5.41, 5.74) is 7.71. The zero-order chi connectivity index (χ0) is 19.2. The van der Waals surface area contributed by atoms with Crippen molar-refractivity contribution in [1.82, 2.24) is 15.8 Å². The molecular formula is C21H32N4O2. The minimum absolute atomic E-state index is 0.0413. The summed E-state index contributed by atoms with van der Waals surface area (Å²) >= 11 is 0. The van der Waals surface area contributed by atoms with Crippen molar-refractivity contribution in [3.8, 4) is 0 Å². The van der Waals surface area contributed by atoms with Gasteiger partial charge in [-0.3, -0.25) is 15.0 Å². The molecule has 148 valence electrons. The van der Waals surface area contributed by atoms with Crippen LogP contribution in [0.15, 0.2) is 24.3 Å². The van der Waals surface area contributed by atoms with Crippen molar-refractivity contribution in [2.75, 3.05) is 18.4 Å². The van der Waals surface area contributed by atoms with Gasteiger partial charge in [0.25, 0.3) is 5.91 Å². The van der Waals surface area contributed by atoms with Crippen molar-refractivity contribution in [3.05, 3.63) is 29.8 Å². The first-order valence-corrected chi connectivity index (χ1v) is 10.2. The molecule has 1 aromatic carbocycles. The van der Waals surface area contributed by atoms with Gasteiger partial charge in [-0.2, -0.15) is 0 Å². The maximum Gasteiger partial charge on any atom is 0.253 e. The van der Waals surface area contributed by atoms with Gasteiger partial charge in [0, 0.05) is 30.4 Å². The second-order valence-electron chi connectivity index (χ2n) is 8.18. The molecule has 0 spiro atoms. The molecule has 2 aliphatic rings. The Labute approximate surface area is 162 Å². The molecule has 2 amide bonds. The van der Waals surface area contributed by atoms with E-state index in [1.807, 2.05) is 29.2 Å². The van der Waals surface area contributed by atoms with Crippen molar-refractivity contribution in [1.29, 1.82) is 0 Å². The molecule has 6 nitrogen and oxygen atoms in total. The van der Waals surface area contributed by atoms with E-state index < -0.39 is 0 Å². The molecule has 0 bridgehead atoms. The van der Waals surface area contributed by atoms with Crippen LogP contribution in [0.4, 0.5) is 5.69 Å². The van der Waals surface area contributed by atoms with Crippen LogP contribution in [0.3, 0.4) is 0 Å². The van der Waals surface area contributed by atoms with Gasteiger partial charge in [0.2, 0.25) is 5.91 Å². The van der Waals surface area contributed by atoms with E-state index in [2.05, 4.69) is 30.0 Å². The van der Waals surface area contributed by atoms with Crippen molar-refractivity contribution in [2.45, 2.75) is 64.5 Å². The number of rotatable bonds is 5. The molecule has 0 aromatic heterocycles. The number of benzene rings is 1. The zero-order valence-corrected chi connectivity index (χ0v) is 16.5. The normalized spacial score (nSPS) is 23.3. The molecule has 2 unspecified atom stereocenters. The van der Waals surface area contributed by atoms with Gasteiger partial charge in [-0.15, -0.1) is 0 Å². The summed E-state index contributed by atoms with van der Waals surface area (Å²) in [6.07, 6.45) is 6.41. The highest BCUT2D eigenvalue weighted by Gasteiger charge is 2.29. The summed E-state index contributed by atoms with van der Waals surface area (Å²) in [6.45, 7) is 6.05. The van der Waals surface area contributed by atoms with Crippen LogP contribution in [0.5, 0.6) is 0 Å². The predicted molar refractivity (Wildman–Crippen MR) is 107 cm³/mol. The lowest BCUT2D eigenvalue weighted by molar-refractivity contribution is -0.117. The minimum atomic E-state index is -0.229. The summed E-state index contributed by atoms with van der Waals surface area (Å²) in [7, 11) is 0. The Morgan fingerprint density at radius 1 is 1.07 bits per heavy atom. The van der Waals surface area contributed by atoms with Gasteiger partial charge in [-0.05, 0) is 55.9 Å². The molecular weight excluding hydrogens is 340 g/mol. The molecule has 6 heteroatoms. The third kappa shape index (κ3) is 5.53. The number of nitrogens with zero attached hydrogens (tertiary/aromatic N) is 1. The molecule has 2 fully saturated rings. The molecule has 3 N–H and O–H groups in total. The van der Waals surface area contributed by atoms with Crippen LogP contribution < -0.4 is 16.2 Å². The summed E-state index contributed by atoms with van der Waals surface area (Å²) in [4.78, 5) is 27.0. The van der Waals surface area contributed by atoms with E-state index in [9.17, 15) is 9.59 Å².